The minimum absolute atomic E-state index is 0.0376. The second kappa shape index (κ2) is 26.4. The van der Waals surface area contributed by atoms with Gasteiger partial charge in [0.1, 0.15) is 23.8 Å². The highest BCUT2D eigenvalue weighted by Crippen LogP contribution is 2.32. The van der Waals surface area contributed by atoms with Crippen molar-refractivity contribution in [1.82, 2.24) is 45.6 Å². The van der Waals surface area contributed by atoms with Crippen LogP contribution in [0.25, 0.3) is 11.5 Å². The third-order valence-corrected chi connectivity index (χ3v) is 11.7. The van der Waals surface area contributed by atoms with Crippen molar-refractivity contribution in [3.05, 3.63) is 113 Å². The normalized spacial score (nSPS) is 14.2. The first-order valence-corrected chi connectivity index (χ1v) is 23.7. The zero-order chi connectivity index (χ0) is 49.8. The Morgan fingerprint density at radius 1 is 0.789 bits per heavy atom. The molecule has 5 aromatic rings. The molecule has 374 valence electrons. The molecular weight excluding hydrogens is 915 g/mol. The number of imide groups is 1. The van der Waals surface area contributed by atoms with Crippen molar-refractivity contribution >= 4 is 46.8 Å². The van der Waals surface area contributed by atoms with Gasteiger partial charge in [-0.3, -0.25) is 34.1 Å². The molecule has 2 aliphatic heterocycles. The maximum atomic E-state index is 13.1. The summed E-state index contributed by atoms with van der Waals surface area (Å²) in [6, 6.07) is 21.0. The van der Waals surface area contributed by atoms with Crippen LogP contribution < -0.4 is 31.3 Å². The maximum Gasteiger partial charge on any atom is 0.255 e. The quantitative estimate of drug-likeness (QED) is 0.0354. The number of hydrogen-bond donors (Lipinski definition) is 5. The van der Waals surface area contributed by atoms with Crippen molar-refractivity contribution in [3.8, 4) is 17.3 Å². The van der Waals surface area contributed by atoms with Crippen LogP contribution in [0, 0.1) is 0 Å². The Morgan fingerprint density at radius 2 is 1.59 bits per heavy atom. The number of nitrogens with one attached hydrogen (secondary N) is 5. The molecule has 1 saturated heterocycles. The van der Waals surface area contributed by atoms with Gasteiger partial charge in [0.05, 0.1) is 59.2 Å². The van der Waals surface area contributed by atoms with Gasteiger partial charge in [0.15, 0.2) is 11.6 Å². The number of carbonyl (C=O) groups excluding carboxylic acids is 6. The lowest BCUT2D eigenvalue weighted by Crippen LogP contribution is -2.52. The molecule has 0 aliphatic carbocycles. The monoisotopic (exact) mass is 973 g/mol. The average molecular weight is 974 g/mol. The lowest BCUT2D eigenvalue weighted by molar-refractivity contribution is -0.137. The predicted octanol–water partition coefficient (Wildman–Crippen LogP) is 3.71. The van der Waals surface area contributed by atoms with Gasteiger partial charge in [-0.1, -0.05) is 24.3 Å². The van der Waals surface area contributed by atoms with E-state index in [2.05, 4.69) is 46.7 Å². The largest absolute Gasteiger partial charge is 0.494 e. The minimum atomic E-state index is -0.736. The fourth-order valence-corrected chi connectivity index (χ4v) is 7.87. The highest BCUT2D eigenvalue weighted by molar-refractivity contribution is 6.06. The van der Waals surface area contributed by atoms with Crippen LogP contribution in [-0.2, 0) is 60.1 Å². The topological polar surface area (TPSA) is 259 Å². The summed E-state index contributed by atoms with van der Waals surface area (Å²) < 4.78 is 24.4. The molecule has 1 unspecified atom stereocenters. The molecule has 5 N–H and O–H groups in total. The van der Waals surface area contributed by atoms with Crippen LogP contribution >= 0.6 is 0 Å². The Balaban J connectivity index is 0.659. The van der Waals surface area contributed by atoms with Gasteiger partial charge in [-0.25, -0.2) is 9.97 Å². The number of piperidine rings is 1. The number of ether oxygens (including phenoxy) is 4. The van der Waals surface area contributed by atoms with Crippen molar-refractivity contribution < 1.29 is 47.7 Å². The summed E-state index contributed by atoms with van der Waals surface area (Å²) >= 11 is 0. The molecule has 21 nitrogen and oxygen atoms in total. The Morgan fingerprint density at radius 3 is 2.41 bits per heavy atom. The molecule has 1 atom stereocenters. The van der Waals surface area contributed by atoms with Gasteiger partial charge in [-0.15, -0.1) is 10.2 Å². The first kappa shape index (κ1) is 51.2. The fourth-order valence-electron chi connectivity index (χ4n) is 7.87. The second-order valence-electron chi connectivity index (χ2n) is 16.7. The van der Waals surface area contributed by atoms with Gasteiger partial charge in [-0.2, -0.15) is 0 Å². The molecule has 0 radical (unpaired) electrons. The number of benzene rings is 3. The van der Waals surface area contributed by atoms with E-state index in [0.29, 0.717) is 111 Å². The SMILES string of the molecule is Cn1c(CNc2cccc(C(=O)NCc3cccc(OCCCCCC(=O)NCCOCCOCCOCCC(=O)Nc4cccc5c4CN(C4CCC(=O)NC4=O)C5=O)c3)c2)nnc1-c1ccncn1. The van der Waals surface area contributed by atoms with E-state index < -0.39 is 11.9 Å². The van der Waals surface area contributed by atoms with Crippen molar-refractivity contribution in [1.29, 1.82) is 0 Å². The van der Waals surface area contributed by atoms with E-state index >= 15 is 0 Å². The van der Waals surface area contributed by atoms with E-state index in [1.807, 2.05) is 48.0 Å². The summed E-state index contributed by atoms with van der Waals surface area (Å²) in [5, 5.41) is 22.8. The van der Waals surface area contributed by atoms with Crippen LogP contribution in [0.5, 0.6) is 5.75 Å². The molecule has 0 saturated carbocycles. The molecule has 71 heavy (non-hydrogen) atoms. The number of anilines is 2. The zero-order valence-corrected chi connectivity index (χ0v) is 39.7. The third kappa shape index (κ3) is 15.2. The molecule has 2 aliphatic rings. The van der Waals surface area contributed by atoms with Crippen LogP contribution in [-0.4, -0.2) is 124 Å². The second-order valence-corrected chi connectivity index (χ2v) is 16.7. The number of aromatic nitrogens is 5. The predicted molar refractivity (Wildman–Crippen MR) is 259 cm³/mol. The Labute approximate surface area is 410 Å². The summed E-state index contributed by atoms with van der Waals surface area (Å²) in [5.41, 5.74) is 4.42. The van der Waals surface area contributed by atoms with E-state index in [9.17, 15) is 28.8 Å². The molecule has 0 bridgehead atoms. The highest BCUT2D eigenvalue weighted by Gasteiger charge is 2.40. The number of hydrogen-bond acceptors (Lipinski definition) is 15. The lowest BCUT2D eigenvalue weighted by atomic mass is 10.0. The minimum Gasteiger partial charge on any atom is -0.494 e. The lowest BCUT2D eigenvalue weighted by Gasteiger charge is -2.29. The van der Waals surface area contributed by atoms with Gasteiger partial charge in [0.25, 0.3) is 11.8 Å². The third-order valence-electron chi connectivity index (χ3n) is 11.7. The van der Waals surface area contributed by atoms with Crippen molar-refractivity contribution in [2.24, 2.45) is 7.05 Å². The summed E-state index contributed by atoms with van der Waals surface area (Å²) in [4.78, 5) is 84.6. The van der Waals surface area contributed by atoms with Gasteiger partial charge in [0.2, 0.25) is 23.6 Å². The zero-order valence-electron chi connectivity index (χ0n) is 39.7. The highest BCUT2D eigenvalue weighted by atomic mass is 16.5. The molecule has 1 fully saturated rings. The molecule has 21 heteroatoms. The van der Waals surface area contributed by atoms with Gasteiger partial charge < -0.3 is 49.7 Å². The smallest absolute Gasteiger partial charge is 0.255 e. The standard InChI is InChI=1S/C50H59N11O10/c1-60-43(58-59-47(60)41-17-19-51-33-55-41)31-53-36-10-6-9-35(29-36)48(65)54-30-34-8-5-11-37(28-34)71-21-4-2-3-14-44(62)52-20-23-69-25-27-70-26-24-68-22-18-46(64)56-40-13-7-12-38-39(40)32-61(50(38)67)42-15-16-45(63)57-49(42)66/h5-13,17,19,28-29,33,42,53H,2-4,14-16,18,20-27,30-32H2,1H3,(H,52,62)(H,54,65)(H,56,64)(H,57,63,66). The van der Waals surface area contributed by atoms with Crippen molar-refractivity contribution in [2.75, 3.05) is 63.4 Å². The molecule has 7 rings (SSSR count). The van der Waals surface area contributed by atoms with Crippen LogP contribution in [0.4, 0.5) is 11.4 Å². The molecule has 2 aromatic heterocycles. The summed E-state index contributed by atoms with van der Waals surface area (Å²) in [6.45, 7) is 3.64. The van der Waals surface area contributed by atoms with E-state index in [1.165, 1.54) is 11.2 Å². The Hall–Kier alpha value is -7.62. The van der Waals surface area contributed by atoms with E-state index in [-0.39, 0.29) is 62.0 Å². The summed E-state index contributed by atoms with van der Waals surface area (Å²) in [5.74, 6) is 0.379. The maximum absolute atomic E-state index is 13.1. The summed E-state index contributed by atoms with van der Waals surface area (Å²) in [7, 11) is 1.87. The Kier molecular flexibility index (Phi) is 19.0. The molecule has 6 amide bonds. The van der Waals surface area contributed by atoms with Crippen LogP contribution in [0.1, 0.15) is 82.6 Å². The Bertz CT molecular complexity index is 2630. The first-order chi connectivity index (χ1) is 34.6. The number of carbonyl (C=O) groups is 6. The van der Waals surface area contributed by atoms with Crippen molar-refractivity contribution in [2.45, 2.75) is 70.6 Å². The van der Waals surface area contributed by atoms with Crippen LogP contribution in [0.2, 0.25) is 0 Å². The van der Waals surface area contributed by atoms with Crippen LogP contribution in [0.15, 0.2) is 85.3 Å². The van der Waals surface area contributed by atoms with Gasteiger partial charge in [0, 0.05) is 73.8 Å². The number of amides is 6. The first-order valence-electron chi connectivity index (χ1n) is 23.7. The average Bonchev–Trinajstić information content (AvgIpc) is 3.92. The molecule has 0 spiro atoms. The van der Waals surface area contributed by atoms with E-state index in [1.54, 1.807) is 42.6 Å². The fraction of sp³-hybridized carbons (Fsp3) is 0.400. The van der Waals surface area contributed by atoms with Crippen molar-refractivity contribution in [3.63, 3.8) is 0 Å². The number of rotatable bonds is 28. The number of unbranched alkanes of at least 4 members (excludes halogenated alkanes) is 2. The van der Waals surface area contributed by atoms with Gasteiger partial charge in [-0.05, 0) is 79.8 Å². The molecule has 3 aromatic carbocycles. The molecular formula is C50H59N11O10. The van der Waals surface area contributed by atoms with Gasteiger partial charge >= 0.3 is 0 Å². The molecule has 4 heterocycles. The number of fused-ring (bicyclic) bond motifs is 1. The van der Waals surface area contributed by atoms with E-state index in [0.717, 1.165) is 30.5 Å². The summed E-state index contributed by atoms with van der Waals surface area (Å²) in [6.07, 6.45) is 6.40. The van der Waals surface area contributed by atoms with Crippen LogP contribution in [0.3, 0.4) is 0 Å². The van der Waals surface area contributed by atoms with E-state index in [4.69, 9.17) is 18.9 Å². The number of nitrogens with zero attached hydrogens (tertiary/aromatic N) is 6.